The number of alkyl halides is 3. The molecule has 0 aliphatic rings. The molecule has 146 valence electrons. The monoisotopic (exact) mass is 410 g/mol. The van der Waals surface area contributed by atoms with Crippen molar-refractivity contribution in [2.45, 2.75) is 13.1 Å². The van der Waals surface area contributed by atoms with Gasteiger partial charge in [-0.2, -0.15) is 28.1 Å². The van der Waals surface area contributed by atoms with E-state index in [2.05, 4.69) is 20.3 Å². The van der Waals surface area contributed by atoms with Crippen LogP contribution in [0, 0.1) is 0 Å². The van der Waals surface area contributed by atoms with Gasteiger partial charge in [-0.1, -0.05) is 0 Å². The third-order valence-corrected chi connectivity index (χ3v) is 3.54. The molecule has 0 saturated carbocycles. The molecule has 1 aromatic heterocycles. The minimum absolute atomic E-state index is 0.0109. The first-order valence-corrected chi connectivity index (χ1v) is 8.50. The van der Waals surface area contributed by atoms with E-state index >= 15 is 0 Å². The van der Waals surface area contributed by atoms with Crippen molar-refractivity contribution in [2.75, 3.05) is 11.9 Å². The number of benzene rings is 2. The van der Waals surface area contributed by atoms with Gasteiger partial charge in [-0.05, 0) is 67.1 Å². The Bertz CT molecular complexity index is 935. The van der Waals surface area contributed by atoms with Gasteiger partial charge in [0.25, 0.3) is 0 Å². The topological polar surface area (TPSA) is 69.2 Å². The maximum absolute atomic E-state index is 12.6. The van der Waals surface area contributed by atoms with Crippen LogP contribution in [-0.4, -0.2) is 21.5 Å². The third kappa shape index (κ3) is 5.23. The molecule has 0 aliphatic carbocycles. The van der Waals surface area contributed by atoms with E-state index < -0.39 is 11.7 Å². The van der Waals surface area contributed by atoms with Crippen LogP contribution in [0.2, 0.25) is 5.28 Å². The van der Waals surface area contributed by atoms with Crippen LogP contribution in [-0.2, 0) is 6.18 Å². The fourth-order valence-corrected chi connectivity index (χ4v) is 2.30. The molecule has 0 amide bonds. The largest absolute Gasteiger partial charge is 0.457 e. The number of nitrogens with one attached hydrogen (secondary N) is 1. The summed E-state index contributed by atoms with van der Waals surface area (Å²) in [5.41, 5.74) is -0.739. The molecule has 3 rings (SSSR count). The maximum Gasteiger partial charge on any atom is 0.416 e. The summed E-state index contributed by atoms with van der Waals surface area (Å²) in [6.07, 6.45) is -4.39. The highest BCUT2D eigenvalue weighted by Gasteiger charge is 2.30. The lowest BCUT2D eigenvalue weighted by Gasteiger charge is -2.10. The van der Waals surface area contributed by atoms with Gasteiger partial charge in [-0.3, -0.25) is 0 Å². The molecule has 0 bridgehead atoms. The van der Waals surface area contributed by atoms with Gasteiger partial charge < -0.3 is 14.8 Å². The Balaban J connectivity index is 1.67. The number of anilines is 1. The van der Waals surface area contributed by atoms with Crippen molar-refractivity contribution in [1.82, 2.24) is 15.0 Å². The van der Waals surface area contributed by atoms with Crippen LogP contribution >= 0.6 is 11.6 Å². The molecule has 1 heterocycles. The van der Waals surface area contributed by atoms with Gasteiger partial charge in [0.2, 0.25) is 11.2 Å². The first-order chi connectivity index (χ1) is 13.3. The van der Waals surface area contributed by atoms with Crippen LogP contribution in [0.3, 0.4) is 0 Å². The molecule has 28 heavy (non-hydrogen) atoms. The average Bonchev–Trinajstić information content (AvgIpc) is 2.63. The molecule has 0 spiro atoms. The quantitative estimate of drug-likeness (QED) is 0.573. The summed E-state index contributed by atoms with van der Waals surface area (Å²) in [6, 6.07) is 10.8. The van der Waals surface area contributed by atoms with E-state index in [0.717, 1.165) is 12.1 Å². The fraction of sp³-hybridized carbons (Fsp3) is 0.167. The predicted molar refractivity (Wildman–Crippen MR) is 97.0 cm³/mol. The lowest BCUT2D eigenvalue weighted by atomic mass is 10.2. The molecule has 0 atom stereocenters. The second kappa shape index (κ2) is 8.30. The maximum atomic E-state index is 12.6. The second-order valence-corrected chi connectivity index (χ2v) is 5.78. The Hall–Kier alpha value is -3.07. The molecule has 0 radical (unpaired) electrons. The first kappa shape index (κ1) is 19.7. The zero-order valence-corrected chi connectivity index (χ0v) is 15.3. The van der Waals surface area contributed by atoms with Crippen molar-refractivity contribution in [3.05, 3.63) is 59.4 Å². The average molecular weight is 411 g/mol. The molecule has 0 unspecified atom stereocenters. The smallest absolute Gasteiger partial charge is 0.416 e. The van der Waals surface area contributed by atoms with Crippen molar-refractivity contribution in [3.63, 3.8) is 0 Å². The summed E-state index contributed by atoms with van der Waals surface area (Å²) in [6.45, 7) is 2.49. The molecule has 10 heteroatoms. The zero-order valence-electron chi connectivity index (χ0n) is 14.5. The molecule has 2 aromatic carbocycles. The van der Waals surface area contributed by atoms with Gasteiger partial charge in [0, 0.05) is 6.54 Å². The van der Waals surface area contributed by atoms with Crippen LogP contribution in [0.5, 0.6) is 23.3 Å². The van der Waals surface area contributed by atoms with Gasteiger partial charge in [-0.25, -0.2) is 0 Å². The van der Waals surface area contributed by atoms with Gasteiger partial charge in [0.1, 0.15) is 17.2 Å². The van der Waals surface area contributed by atoms with Gasteiger partial charge in [0.15, 0.2) is 0 Å². The van der Waals surface area contributed by atoms with E-state index in [1.165, 1.54) is 12.1 Å². The summed E-state index contributed by atoms with van der Waals surface area (Å²) in [5, 5.41) is 2.90. The number of rotatable bonds is 6. The van der Waals surface area contributed by atoms with Crippen LogP contribution in [0.25, 0.3) is 0 Å². The Kier molecular flexibility index (Phi) is 5.84. The molecule has 3 aromatic rings. The highest BCUT2D eigenvalue weighted by atomic mass is 35.5. The summed E-state index contributed by atoms with van der Waals surface area (Å²) in [7, 11) is 0. The molecule has 0 saturated heterocycles. The number of nitrogens with zero attached hydrogens (tertiary/aromatic N) is 3. The Morgan fingerprint density at radius 1 is 0.857 bits per heavy atom. The Morgan fingerprint density at radius 2 is 1.39 bits per heavy atom. The minimum Gasteiger partial charge on any atom is -0.457 e. The first-order valence-electron chi connectivity index (χ1n) is 8.12. The second-order valence-electron chi connectivity index (χ2n) is 5.44. The van der Waals surface area contributed by atoms with Crippen LogP contribution < -0.4 is 14.8 Å². The van der Waals surface area contributed by atoms with Gasteiger partial charge in [0.05, 0.1) is 5.56 Å². The van der Waals surface area contributed by atoms with Crippen molar-refractivity contribution in [1.29, 1.82) is 0 Å². The lowest BCUT2D eigenvalue weighted by molar-refractivity contribution is -0.137. The number of aromatic nitrogens is 3. The molecular weight excluding hydrogens is 397 g/mol. The highest BCUT2D eigenvalue weighted by Crippen LogP contribution is 2.32. The number of ether oxygens (including phenoxy) is 2. The normalized spacial score (nSPS) is 11.2. The zero-order chi connectivity index (χ0) is 20.1. The van der Waals surface area contributed by atoms with E-state index in [-0.39, 0.29) is 17.0 Å². The van der Waals surface area contributed by atoms with Crippen molar-refractivity contribution in [2.24, 2.45) is 0 Å². The van der Waals surface area contributed by atoms with Crippen LogP contribution in [0.4, 0.5) is 19.1 Å². The Morgan fingerprint density at radius 3 is 1.93 bits per heavy atom. The van der Waals surface area contributed by atoms with E-state index in [1.807, 2.05) is 6.92 Å². The Labute approximate surface area is 163 Å². The lowest BCUT2D eigenvalue weighted by Crippen LogP contribution is -2.04. The van der Waals surface area contributed by atoms with Crippen molar-refractivity contribution >= 4 is 17.5 Å². The molecule has 1 N–H and O–H groups in total. The van der Waals surface area contributed by atoms with Gasteiger partial charge >= 0.3 is 12.2 Å². The van der Waals surface area contributed by atoms with Crippen LogP contribution in [0.15, 0.2) is 48.5 Å². The number of hydrogen-bond donors (Lipinski definition) is 1. The number of hydrogen-bond acceptors (Lipinski definition) is 6. The minimum atomic E-state index is -4.39. The number of halogens is 4. The summed E-state index contributed by atoms with van der Waals surface area (Å²) >= 11 is 5.83. The molecule has 0 fully saturated rings. The summed E-state index contributed by atoms with van der Waals surface area (Å²) in [4.78, 5) is 11.9. The van der Waals surface area contributed by atoms with E-state index in [4.69, 9.17) is 21.1 Å². The van der Waals surface area contributed by atoms with E-state index in [1.54, 1.807) is 24.3 Å². The molecule has 6 nitrogen and oxygen atoms in total. The van der Waals surface area contributed by atoms with Gasteiger partial charge in [-0.15, -0.1) is 0 Å². The van der Waals surface area contributed by atoms with Crippen molar-refractivity contribution < 1.29 is 22.6 Å². The fourth-order valence-electron chi connectivity index (χ4n) is 2.14. The SMILES string of the molecule is CCNc1nc(Cl)nc(Oc2ccc(Oc3ccc(C(F)(F)F)cc3)cc2)n1. The highest BCUT2D eigenvalue weighted by molar-refractivity contribution is 6.28. The third-order valence-electron chi connectivity index (χ3n) is 3.37. The van der Waals surface area contributed by atoms with Crippen molar-refractivity contribution in [3.8, 4) is 23.3 Å². The standard InChI is InChI=1S/C18H14ClF3N4O2/c1-2-23-16-24-15(19)25-17(26-16)28-14-9-7-13(8-10-14)27-12-5-3-11(4-6-12)18(20,21)22/h3-10H,2H2,1H3,(H,23,24,25,26). The molecular formula is C18H14ClF3N4O2. The molecule has 0 aliphatic heterocycles. The predicted octanol–water partition coefficient (Wildman–Crippen LogP) is 5.56. The van der Waals surface area contributed by atoms with Crippen LogP contribution in [0.1, 0.15) is 12.5 Å². The summed E-state index contributed by atoms with van der Waals surface area (Å²) < 4.78 is 48.8. The van der Waals surface area contributed by atoms with E-state index in [0.29, 0.717) is 24.0 Å². The van der Waals surface area contributed by atoms with E-state index in [9.17, 15) is 13.2 Å². The summed E-state index contributed by atoms with van der Waals surface area (Å²) in [5.74, 6) is 1.42.